The molecule has 0 spiro atoms. The predicted octanol–water partition coefficient (Wildman–Crippen LogP) is 1.80. The minimum absolute atomic E-state index is 0.00292. The number of rotatable bonds is 5. The third-order valence-electron chi connectivity index (χ3n) is 8.00. The Balaban J connectivity index is 1.55. The number of sulfonamides is 1. The molecule has 33 heavy (non-hydrogen) atoms. The number of aromatic nitrogens is 1. The number of alkyl halides is 3. The summed E-state index contributed by atoms with van der Waals surface area (Å²) in [5, 5.41) is 0. The number of anilines is 1. The fourth-order valence-electron chi connectivity index (χ4n) is 5.76. The number of hydrogen-bond donors (Lipinski definition) is 1. The number of carbonyl (C=O) groups is 2. The van der Waals surface area contributed by atoms with E-state index in [0.717, 1.165) is 18.6 Å². The van der Waals surface area contributed by atoms with Gasteiger partial charge in [0.25, 0.3) is 0 Å². The number of primary amides is 1. The summed E-state index contributed by atoms with van der Waals surface area (Å²) in [4.78, 5) is 30.2. The maximum atomic E-state index is 13.4. The van der Waals surface area contributed by atoms with Crippen molar-refractivity contribution in [3.63, 3.8) is 0 Å². The number of fused-ring (bicyclic) bond motifs is 2. The number of amides is 1. The Bertz CT molecular complexity index is 1070. The highest BCUT2D eigenvalue weighted by Crippen LogP contribution is 2.64. The Kier molecular flexibility index (Phi) is 5.55. The van der Waals surface area contributed by atoms with Gasteiger partial charge in [0.2, 0.25) is 15.9 Å². The van der Waals surface area contributed by atoms with Crippen LogP contribution in [0.4, 0.5) is 19.0 Å². The SMILES string of the molecule is CC1(C)[C@@H]2CC[C@@]1(CS(=O)(=O)N1CCN(c3ccc(C(F)(F)F)cn3)C(C(N)=O)C1)C(=O)C2. The second kappa shape index (κ2) is 7.66. The summed E-state index contributed by atoms with van der Waals surface area (Å²) < 4.78 is 66.5. The standard InChI is InChI=1S/C21H27F3N4O4S/c1-19(2)13-5-6-20(19,16(29)9-13)12-33(31,32)27-7-8-28(15(11-27)18(25)30)17-4-3-14(10-26-17)21(22,23)24/h3-4,10,13,15H,5-9,11-12H2,1-2H3,(H2,25,30)/t13-,15?,20-/m1/s1. The summed E-state index contributed by atoms with van der Waals surface area (Å²) >= 11 is 0. The van der Waals surface area contributed by atoms with E-state index in [-0.39, 0.29) is 42.9 Å². The molecule has 1 aromatic rings. The fraction of sp³-hybridized carbons (Fsp3) is 0.667. The van der Waals surface area contributed by atoms with E-state index in [1.165, 1.54) is 9.21 Å². The summed E-state index contributed by atoms with van der Waals surface area (Å²) in [6.45, 7) is 3.67. The highest BCUT2D eigenvalue weighted by molar-refractivity contribution is 7.89. The van der Waals surface area contributed by atoms with Gasteiger partial charge in [0, 0.05) is 37.7 Å². The molecule has 2 aliphatic carbocycles. The van der Waals surface area contributed by atoms with E-state index >= 15 is 0 Å². The van der Waals surface area contributed by atoms with E-state index in [4.69, 9.17) is 5.73 Å². The number of nitrogens with zero attached hydrogens (tertiary/aromatic N) is 3. The van der Waals surface area contributed by atoms with Gasteiger partial charge in [0.1, 0.15) is 17.6 Å². The topological polar surface area (TPSA) is 114 Å². The minimum Gasteiger partial charge on any atom is -0.368 e. The first-order chi connectivity index (χ1) is 15.2. The lowest BCUT2D eigenvalue weighted by Gasteiger charge is -2.42. The average molecular weight is 489 g/mol. The van der Waals surface area contributed by atoms with Crippen LogP contribution in [-0.4, -0.2) is 60.8 Å². The number of carbonyl (C=O) groups excluding carboxylic acids is 2. The molecule has 1 aliphatic heterocycles. The number of hydrogen-bond acceptors (Lipinski definition) is 6. The normalized spacial score (nSPS) is 30.1. The van der Waals surface area contributed by atoms with Crippen LogP contribution >= 0.6 is 0 Å². The van der Waals surface area contributed by atoms with Crippen molar-refractivity contribution >= 4 is 27.5 Å². The number of halogens is 3. The number of piperazine rings is 1. The molecule has 3 atom stereocenters. The zero-order chi connectivity index (χ0) is 24.4. The maximum Gasteiger partial charge on any atom is 0.417 e. The van der Waals surface area contributed by atoms with Crippen LogP contribution in [0.3, 0.4) is 0 Å². The molecule has 1 unspecified atom stereocenters. The van der Waals surface area contributed by atoms with Crippen LogP contribution in [0.15, 0.2) is 18.3 Å². The Morgan fingerprint density at radius 2 is 1.97 bits per heavy atom. The van der Waals surface area contributed by atoms with Crippen molar-refractivity contribution in [3.8, 4) is 0 Å². The van der Waals surface area contributed by atoms with Crippen molar-refractivity contribution in [1.82, 2.24) is 9.29 Å². The van der Waals surface area contributed by atoms with Gasteiger partial charge in [-0.2, -0.15) is 17.5 Å². The summed E-state index contributed by atoms with van der Waals surface area (Å²) in [6, 6.07) is 0.895. The van der Waals surface area contributed by atoms with Gasteiger partial charge in [-0.3, -0.25) is 9.59 Å². The van der Waals surface area contributed by atoms with Crippen LogP contribution in [0.1, 0.15) is 38.7 Å². The van der Waals surface area contributed by atoms with Crippen molar-refractivity contribution in [2.45, 2.75) is 45.3 Å². The van der Waals surface area contributed by atoms with Crippen molar-refractivity contribution in [1.29, 1.82) is 0 Å². The third kappa shape index (κ3) is 3.80. The summed E-state index contributed by atoms with van der Waals surface area (Å²) in [5.74, 6) is -0.875. The average Bonchev–Trinajstić information content (AvgIpc) is 3.07. The van der Waals surface area contributed by atoms with Crippen LogP contribution in [0, 0.1) is 16.7 Å². The van der Waals surface area contributed by atoms with Gasteiger partial charge in [0.05, 0.1) is 11.3 Å². The van der Waals surface area contributed by atoms with Crippen molar-refractivity contribution < 1.29 is 31.2 Å². The molecule has 2 heterocycles. The Hall–Kier alpha value is -2.21. The Morgan fingerprint density at radius 1 is 1.27 bits per heavy atom. The van der Waals surface area contributed by atoms with E-state index in [9.17, 15) is 31.2 Å². The number of Topliss-reactive ketones (excluding diaryl/α,β-unsaturated/α-hetero) is 1. The quantitative estimate of drug-likeness (QED) is 0.676. The molecule has 3 fully saturated rings. The molecule has 2 N–H and O–H groups in total. The van der Waals surface area contributed by atoms with Gasteiger partial charge >= 0.3 is 6.18 Å². The molecule has 2 bridgehead atoms. The van der Waals surface area contributed by atoms with Gasteiger partial charge in [-0.15, -0.1) is 0 Å². The molecule has 182 valence electrons. The Morgan fingerprint density at radius 3 is 2.45 bits per heavy atom. The lowest BCUT2D eigenvalue weighted by atomic mass is 9.70. The van der Waals surface area contributed by atoms with Gasteiger partial charge in [0.15, 0.2) is 0 Å². The summed E-state index contributed by atoms with van der Waals surface area (Å²) in [5.41, 5.74) is 3.23. The van der Waals surface area contributed by atoms with E-state index in [2.05, 4.69) is 4.98 Å². The van der Waals surface area contributed by atoms with E-state index in [0.29, 0.717) is 19.0 Å². The van der Waals surface area contributed by atoms with Gasteiger partial charge in [-0.05, 0) is 36.3 Å². The zero-order valence-corrected chi connectivity index (χ0v) is 19.2. The number of pyridine rings is 1. The lowest BCUT2D eigenvalue weighted by Crippen LogP contribution is -2.61. The monoisotopic (exact) mass is 488 g/mol. The van der Waals surface area contributed by atoms with Crippen LogP contribution in [-0.2, 0) is 25.8 Å². The van der Waals surface area contributed by atoms with Gasteiger partial charge < -0.3 is 10.6 Å². The third-order valence-corrected chi connectivity index (χ3v) is 9.98. The molecule has 1 amide bonds. The zero-order valence-electron chi connectivity index (χ0n) is 18.4. The molecule has 4 rings (SSSR count). The van der Waals surface area contributed by atoms with Crippen LogP contribution in [0.5, 0.6) is 0 Å². The second-order valence-corrected chi connectivity index (χ2v) is 11.8. The van der Waals surface area contributed by atoms with Crippen molar-refractivity contribution in [2.75, 3.05) is 30.3 Å². The first-order valence-electron chi connectivity index (χ1n) is 10.8. The highest BCUT2D eigenvalue weighted by atomic mass is 32.2. The summed E-state index contributed by atoms with van der Waals surface area (Å²) in [7, 11) is -3.90. The predicted molar refractivity (Wildman–Crippen MR) is 113 cm³/mol. The van der Waals surface area contributed by atoms with E-state index < -0.39 is 44.5 Å². The number of nitrogens with two attached hydrogens (primary N) is 1. The van der Waals surface area contributed by atoms with E-state index in [1.807, 2.05) is 13.8 Å². The molecule has 8 nitrogen and oxygen atoms in total. The lowest BCUT2D eigenvalue weighted by molar-refractivity contribution is -0.137. The van der Waals surface area contributed by atoms with E-state index in [1.54, 1.807) is 0 Å². The second-order valence-electron chi connectivity index (χ2n) is 9.80. The van der Waals surface area contributed by atoms with Gasteiger partial charge in [-0.1, -0.05) is 13.8 Å². The first kappa shape index (κ1) is 23.9. The van der Waals surface area contributed by atoms with Crippen LogP contribution in [0.2, 0.25) is 0 Å². The Labute approximate surface area is 190 Å². The maximum absolute atomic E-state index is 13.4. The van der Waals surface area contributed by atoms with Gasteiger partial charge in [-0.25, -0.2) is 13.4 Å². The molecular formula is C21H27F3N4O4S. The number of ketones is 1. The van der Waals surface area contributed by atoms with Crippen LogP contribution < -0.4 is 10.6 Å². The largest absolute Gasteiger partial charge is 0.417 e. The van der Waals surface area contributed by atoms with Crippen molar-refractivity contribution in [2.24, 2.45) is 22.5 Å². The van der Waals surface area contributed by atoms with Crippen molar-refractivity contribution in [3.05, 3.63) is 23.9 Å². The highest BCUT2D eigenvalue weighted by Gasteiger charge is 2.65. The van der Waals surface area contributed by atoms with Crippen LogP contribution in [0.25, 0.3) is 0 Å². The molecule has 1 saturated heterocycles. The molecule has 1 aromatic heterocycles. The summed E-state index contributed by atoms with van der Waals surface area (Å²) in [6.07, 6.45) is -2.16. The smallest absolute Gasteiger partial charge is 0.368 e. The molecule has 3 aliphatic rings. The molecule has 2 saturated carbocycles. The molecule has 12 heteroatoms. The fourth-order valence-corrected chi connectivity index (χ4v) is 7.97. The molecule has 0 aromatic carbocycles. The first-order valence-corrected chi connectivity index (χ1v) is 12.4. The molecule has 0 radical (unpaired) electrons. The molecular weight excluding hydrogens is 461 g/mol. The minimum atomic E-state index is -4.55.